The lowest BCUT2D eigenvalue weighted by atomic mass is 9.33. The third-order valence-electron chi connectivity index (χ3n) is 13.6. The molecule has 2 aromatic heterocycles. The summed E-state index contributed by atoms with van der Waals surface area (Å²) in [6.07, 6.45) is 0. The summed E-state index contributed by atoms with van der Waals surface area (Å²) in [4.78, 5) is 5.32. The number of hydrogen-bond donors (Lipinski definition) is 0. The van der Waals surface area contributed by atoms with E-state index in [4.69, 9.17) is 0 Å². The first-order valence-corrected chi connectivity index (χ1v) is 24.1. The SMILES string of the molecule is Cc1cc2c3c(c1)N(c1c(C)cc(C(C)(C)C)cc1C)c1sc4ccc(C(C)(C)C)cc4c1B3c1cc(C(C)(C)C)ccc1N2c1c(C)cc(-c2csc3ccccc23)cc1C. The fourth-order valence-corrected chi connectivity index (χ4v) is 12.7. The molecule has 0 radical (unpaired) electrons. The first-order valence-electron chi connectivity index (χ1n) is 22.4. The van der Waals surface area contributed by atoms with Crippen LogP contribution in [0, 0.1) is 34.6 Å². The first-order chi connectivity index (χ1) is 29.2. The number of anilines is 6. The van der Waals surface area contributed by atoms with Gasteiger partial charge in [-0.1, -0.05) is 117 Å². The molecule has 6 aromatic carbocycles. The molecule has 0 saturated carbocycles. The fraction of sp³-hybridized carbons (Fsp3) is 0.298. The lowest BCUT2D eigenvalue weighted by molar-refractivity contribution is 0.589. The molecule has 0 N–H and O–H groups in total. The van der Waals surface area contributed by atoms with Crippen molar-refractivity contribution in [1.82, 2.24) is 0 Å². The summed E-state index contributed by atoms with van der Waals surface area (Å²) in [6.45, 7) is 32.8. The first kappa shape index (κ1) is 40.9. The topological polar surface area (TPSA) is 6.48 Å². The zero-order valence-electron chi connectivity index (χ0n) is 39.1. The molecule has 62 heavy (non-hydrogen) atoms. The summed E-state index contributed by atoms with van der Waals surface area (Å²) >= 11 is 3.80. The number of nitrogens with zero attached hydrogens (tertiary/aromatic N) is 2. The van der Waals surface area contributed by atoms with Crippen LogP contribution in [0.1, 0.15) is 107 Å². The van der Waals surface area contributed by atoms with E-state index in [-0.39, 0.29) is 23.0 Å². The van der Waals surface area contributed by atoms with Crippen molar-refractivity contribution in [1.29, 1.82) is 0 Å². The van der Waals surface area contributed by atoms with Gasteiger partial charge in [-0.15, -0.1) is 22.7 Å². The number of benzene rings is 6. The van der Waals surface area contributed by atoms with Gasteiger partial charge in [0.1, 0.15) is 0 Å². The maximum atomic E-state index is 2.68. The molecule has 0 atom stereocenters. The fourth-order valence-electron chi connectivity index (χ4n) is 10.5. The molecule has 2 aliphatic heterocycles. The van der Waals surface area contributed by atoms with Gasteiger partial charge in [0.05, 0.1) is 16.4 Å². The smallest absolute Gasteiger partial charge is 0.254 e. The molecular weight excluding hydrogens is 788 g/mol. The molecular formula is C57H59BN2S2. The van der Waals surface area contributed by atoms with Crippen molar-refractivity contribution in [3.05, 3.63) is 147 Å². The number of aryl methyl sites for hydroxylation is 5. The van der Waals surface area contributed by atoms with E-state index in [0.717, 1.165) is 0 Å². The highest BCUT2D eigenvalue weighted by molar-refractivity contribution is 7.26. The molecule has 8 aromatic rings. The van der Waals surface area contributed by atoms with Crippen LogP contribution in [0.15, 0.2) is 102 Å². The minimum Gasteiger partial charge on any atom is -0.311 e. The third kappa shape index (κ3) is 6.32. The standard InChI is InChI=1S/C57H59BN2S2/c1-32-23-46-51-47(24-32)60(53-35(4)27-40(28-36(53)5)57(12,13)14)54-50(42-29-38(55(6,7)8)20-22-49(42)62-54)58(51)44-30-39(56(9,10)11)19-21-45(44)59(46)52-33(2)25-37(26-34(52)3)43-31-61-48-18-16-15-17-41(43)48/h15-31H,1-14H3. The van der Waals surface area contributed by atoms with Crippen LogP contribution in [0.2, 0.25) is 0 Å². The van der Waals surface area contributed by atoms with Gasteiger partial charge in [-0.3, -0.25) is 0 Å². The summed E-state index contributed by atoms with van der Waals surface area (Å²) < 4.78 is 2.68. The minimum atomic E-state index is -0.0181. The molecule has 0 bridgehead atoms. The van der Waals surface area contributed by atoms with Crippen LogP contribution < -0.4 is 26.2 Å². The number of rotatable bonds is 3. The third-order valence-corrected chi connectivity index (χ3v) is 15.8. The van der Waals surface area contributed by atoms with Gasteiger partial charge < -0.3 is 9.80 Å². The summed E-state index contributed by atoms with van der Waals surface area (Å²) in [6, 6.07) is 38.3. The Morgan fingerprint density at radius 2 is 1.05 bits per heavy atom. The van der Waals surface area contributed by atoms with Gasteiger partial charge in [0, 0.05) is 37.4 Å². The Bertz CT molecular complexity index is 3110. The average Bonchev–Trinajstić information content (AvgIpc) is 3.79. The second-order valence-electron chi connectivity index (χ2n) is 21.4. The highest BCUT2D eigenvalue weighted by Gasteiger charge is 2.46. The van der Waals surface area contributed by atoms with Crippen molar-refractivity contribution in [2.45, 2.75) is 113 Å². The molecule has 2 nitrogen and oxygen atoms in total. The number of thiophene rings is 2. The van der Waals surface area contributed by atoms with Crippen LogP contribution in [-0.2, 0) is 16.2 Å². The second-order valence-corrected chi connectivity index (χ2v) is 23.4. The Balaban J connectivity index is 1.31. The Kier molecular flexibility index (Phi) is 9.21. The molecule has 312 valence electrons. The van der Waals surface area contributed by atoms with Gasteiger partial charge >= 0.3 is 0 Å². The van der Waals surface area contributed by atoms with Crippen LogP contribution in [0.3, 0.4) is 0 Å². The van der Waals surface area contributed by atoms with E-state index < -0.39 is 0 Å². The highest BCUT2D eigenvalue weighted by atomic mass is 32.1. The minimum absolute atomic E-state index is 0.0181. The van der Waals surface area contributed by atoms with Crippen LogP contribution in [0.5, 0.6) is 0 Å². The Morgan fingerprint density at radius 1 is 0.484 bits per heavy atom. The van der Waals surface area contributed by atoms with Crippen molar-refractivity contribution < 1.29 is 0 Å². The molecule has 5 heteroatoms. The number of fused-ring (bicyclic) bond motifs is 7. The molecule has 0 amide bonds. The predicted molar refractivity (Wildman–Crippen MR) is 276 cm³/mol. The van der Waals surface area contributed by atoms with Gasteiger partial charge in [-0.2, -0.15) is 0 Å². The molecule has 4 heterocycles. The maximum absolute atomic E-state index is 2.68. The Labute approximate surface area is 378 Å². The molecule has 2 aliphatic rings. The van der Waals surface area contributed by atoms with E-state index in [0.29, 0.717) is 0 Å². The van der Waals surface area contributed by atoms with Crippen LogP contribution in [0.25, 0.3) is 31.3 Å². The summed E-state index contributed by atoms with van der Waals surface area (Å²) in [5.74, 6) is 0. The summed E-state index contributed by atoms with van der Waals surface area (Å²) in [5, 5.41) is 6.39. The van der Waals surface area contributed by atoms with Crippen molar-refractivity contribution >= 4 is 99.4 Å². The largest absolute Gasteiger partial charge is 0.311 e. The maximum Gasteiger partial charge on any atom is 0.254 e. The van der Waals surface area contributed by atoms with Gasteiger partial charge in [0.2, 0.25) is 0 Å². The lowest BCUT2D eigenvalue weighted by Crippen LogP contribution is -2.61. The van der Waals surface area contributed by atoms with E-state index >= 15 is 0 Å². The van der Waals surface area contributed by atoms with Gasteiger partial charge in [-0.25, -0.2) is 0 Å². The van der Waals surface area contributed by atoms with E-state index in [1.807, 2.05) is 22.7 Å². The van der Waals surface area contributed by atoms with Crippen molar-refractivity contribution in [3.8, 4) is 11.1 Å². The Hall–Kier alpha value is -5.10. The Morgan fingerprint density at radius 3 is 1.69 bits per heavy atom. The monoisotopic (exact) mass is 846 g/mol. The zero-order valence-corrected chi connectivity index (χ0v) is 40.7. The van der Waals surface area contributed by atoms with Gasteiger partial charge in [-0.05, 0) is 171 Å². The predicted octanol–water partition coefficient (Wildman–Crippen LogP) is 15.3. The average molecular weight is 847 g/mol. The van der Waals surface area contributed by atoms with Crippen molar-refractivity contribution in [2.75, 3.05) is 9.80 Å². The molecule has 0 saturated heterocycles. The highest BCUT2D eigenvalue weighted by Crippen LogP contribution is 2.51. The van der Waals surface area contributed by atoms with Gasteiger partial charge in [0.25, 0.3) is 6.71 Å². The van der Waals surface area contributed by atoms with E-state index in [1.54, 1.807) is 0 Å². The zero-order chi connectivity index (χ0) is 43.9. The second kappa shape index (κ2) is 14.0. The summed E-state index contributed by atoms with van der Waals surface area (Å²) in [7, 11) is 0. The lowest BCUT2D eigenvalue weighted by Gasteiger charge is -2.45. The van der Waals surface area contributed by atoms with E-state index in [2.05, 4.69) is 209 Å². The van der Waals surface area contributed by atoms with Crippen LogP contribution >= 0.6 is 22.7 Å². The summed E-state index contributed by atoms with van der Waals surface area (Å²) in [5.41, 5.74) is 23.9. The molecule has 10 rings (SSSR count). The molecule has 0 unspecified atom stereocenters. The normalized spacial score (nSPS) is 13.9. The van der Waals surface area contributed by atoms with Crippen molar-refractivity contribution in [3.63, 3.8) is 0 Å². The quantitative estimate of drug-likeness (QED) is 0.163. The van der Waals surface area contributed by atoms with Crippen LogP contribution in [-0.4, -0.2) is 6.71 Å². The van der Waals surface area contributed by atoms with Gasteiger partial charge in [0.15, 0.2) is 0 Å². The van der Waals surface area contributed by atoms with E-state index in [1.165, 1.54) is 126 Å². The van der Waals surface area contributed by atoms with E-state index in [9.17, 15) is 0 Å². The molecule has 0 spiro atoms. The van der Waals surface area contributed by atoms with Crippen molar-refractivity contribution in [2.24, 2.45) is 0 Å². The molecule has 0 aliphatic carbocycles. The molecule has 0 fully saturated rings. The van der Waals surface area contributed by atoms with Crippen LogP contribution in [0.4, 0.5) is 33.4 Å². The number of hydrogen-bond acceptors (Lipinski definition) is 4.